The van der Waals surface area contributed by atoms with Crippen molar-refractivity contribution in [3.05, 3.63) is 65.7 Å². The summed E-state index contributed by atoms with van der Waals surface area (Å²) in [6, 6.07) is 12.7. The van der Waals surface area contributed by atoms with Crippen molar-refractivity contribution in [1.82, 2.24) is 20.4 Å². The van der Waals surface area contributed by atoms with Crippen LogP contribution in [0.4, 0.5) is 5.69 Å². The maximum absolute atomic E-state index is 14.1. The van der Waals surface area contributed by atoms with Crippen molar-refractivity contribution >= 4 is 35.3 Å². The van der Waals surface area contributed by atoms with Crippen molar-refractivity contribution in [3.63, 3.8) is 0 Å². The Kier molecular flexibility index (Phi) is 16.3. The van der Waals surface area contributed by atoms with Gasteiger partial charge in [0.1, 0.15) is 12.1 Å². The SMILES string of the molecule is CC[C@H](C)[C@@H]([C@@H](CC(=O)N1CCC[C@H]1[C@H](OC)[C@@H](C)C(=O)N[C@@H](Cc1ccccc1)C(=O)O)OC)N(C)C(=O)[C@@H](NC(=O)c1cccc(N)c1)C(C)C. The van der Waals surface area contributed by atoms with Crippen LogP contribution in [0.15, 0.2) is 54.6 Å². The molecule has 292 valence electrons. The topological polar surface area (TPSA) is 181 Å². The van der Waals surface area contributed by atoms with Crippen LogP contribution in [0, 0.1) is 17.8 Å². The Bertz CT molecular complexity index is 1540. The van der Waals surface area contributed by atoms with Crippen LogP contribution >= 0.6 is 0 Å². The van der Waals surface area contributed by atoms with Gasteiger partial charge < -0.3 is 40.7 Å². The third-order valence-electron chi connectivity index (χ3n) is 10.5. The average molecular weight is 738 g/mol. The third kappa shape index (κ3) is 11.3. The number of nitrogens with one attached hydrogen (secondary N) is 2. The molecule has 0 aliphatic carbocycles. The Labute approximate surface area is 313 Å². The summed E-state index contributed by atoms with van der Waals surface area (Å²) in [5.74, 6) is -3.61. The molecule has 53 heavy (non-hydrogen) atoms. The number of nitrogen functional groups attached to an aromatic ring is 1. The molecule has 4 amide bonds. The molecule has 5 N–H and O–H groups in total. The zero-order valence-electron chi connectivity index (χ0n) is 32.4. The molecule has 1 aliphatic rings. The van der Waals surface area contributed by atoms with Gasteiger partial charge in [-0.3, -0.25) is 19.2 Å². The number of hydrogen-bond acceptors (Lipinski definition) is 8. The molecule has 13 heteroatoms. The van der Waals surface area contributed by atoms with Crippen LogP contribution in [0.5, 0.6) is 0 Å². The number of likely N-dealkylation sites (tertiary alicyclic amines) is 1. The summed E-state index contributed by atoms with van der Waals surface area (Å²) in [6.45, 7) is 9.86. The average Bonchev–Trinajstić information content (AvgIpc) is 3.62. The molecular formula is C40H59N5O8. The minimum Gasteiger partial charge on any atom is -0.480 e. The Morgan fingerprint density at radius 3 is 2.23 bits per heavy atom. The van der Waals surface area contributed by atoms with Crippen LogP contribution in [-0.4, -0.2) is 109 Å². The molecule has 0 saturated carbocycles. The van der Waals surface area contributed by atoms with Crippen LogP contribution in [0.3, 0.4) is 0 Å². The molecule has 1 fully saturated rings. The lowest BCUT2D eigenvalue weighted by atomic mass is 9.89. The van der Waals surface area contributed by atoms with E-state index in [4.69, 9.17) is 15.2 Å². The number of ether oxygens (including phenoxy) is 2. The van der Waals surface area contributed by atoms with Gasteiger partial charge in [0.05, 0.1) is 36.6 Å². The zero-order valence-corrected chi connectivity index (χ0v) is 32.4. The Morgan fingerprint density at radius 2 is 1.66 bits per heavy atom. The highest BCUT2D eigenvalue weighted by molar-refractivity contribution is 5.98. The maximum Gasteiger partial charge on any atom is 0.326 e. The van der Waals surface area contributed by atoms with Gasteiger partial charge in [-0.2, -0.15) is 0 Å². The number of nitrogens with two attached hydrogens (primary N) is 1. The fourth-order valence-electron chi connectivity index (χ4n) is 7.30. The number of rotatable bonds is 19. The quantitative estimate of drug-likeness (QED) is 0.156. The van der Waals surface area contributed by atoms with Crippen LogP contribution in [0.1, 0.15) is 76.2 Å². The molecule has 2 aromatic carbocycles. The first-order valence-electron chi connectivity index (χ1n) is 18.5. The van der Waals surface area contributed by atoms with E-state index in [0.717, 1.165) is 5.56 Å². The number of anilines is 1. The lowest BCUT2D eigenvalue weighted by Crippen LogP contribution is -2.57. The van der Waals surface area contributed by atoms with E-state index in [1.165, 1.54) is 14.2 Å². The van der Waals surface area contributed by atoms with Crippen molar-refractivity contribution < 1.29 is 38.6 Å². The molecule has 13 nitrogen and oxygen atoms in total. The molecule has 0 unspecified atom stereocenters. The van der Waals surface area contributed by atoms with Gasteiger partial charge in [-0.15, -0.1) is 0 Å². The normalized spacial score (nSPS) is 18.3. The lowest BCUT2D eigenvalue weighted by molar-refractivity contribution is -0.147. The monoisotopic (exact) mass is 737 g/mol. The van der Waals surface area contributed by atoms with Crippen LogP contribution < -0.4 is 16.4 Å². The van der Waals surface area contributed by atoms with Crippen molar-refractivity contribution in [1.29, 1.82) is 0 Å². The fraction of sp³-hybridized carbons (Fsp3) is 0.575. The van der Waals surface area contributed by atoms with E-state index in [1.807, 2.05) is 58.0 Å². The number of aliphatic carboxylic acids is 1. The molecule has 2 aromatic rings. The lowest BCUT2D eigenvalue weighted by Gasteiger charge is -2.40. The van der Waals surface area contributed by atoms with E-state index in [-0.39, 0.29) is 36.5 Å². The number of carbonyl (C=O) groups excluding carboxylic acids is 4. The van der Waals surface area contributed by atoms with E-state index in [1.54, 1.807) is 48.0 Å². The van der Waals surface area contributed by atoms with Gasteiger partial charge in [0, 0.05) is 45.5 Å². The van der Waals surface area contributed by atoms with Crippen molar-refractivity contribution in [3.8, 4) is 0 Å². The van der Waals surface area contributed by atoms with Gasteiger partial charge in [0.2, 0.25) is 17.7 Å². The number of carboxylic acids is 1. The summed E-state index contributed by atoms with van der Waals surface area (Å²) in [6.07, 6.45) is 0.715. The summed E-state index contributed by atoms with van der Waals surface area (Å²) < 4.78 is 11.8. The molecule has 8 atom stereocenters. The van der Waals surface area contributed by atoms with Crippen molar-refractivity contribution in [2.45, 2.75) is 103 Å². The minimum absolute atomic E-state index is 0.0310. The molecule has 1 saturated heterocycles. The third-order valence-corrected chi connectivity index (χ3v) is 10.5. The van der Waals surface area contributed by atoms with Crippen LogP contribution in [-0.2, 0) is 35.1 Å². The van der Waals surface area contributed by atoms with Gasteiger partial charge >= 0.3 is 5.97 Å². The molecule has 1 aliphatic heterocycles. The van der Waals surface area contributed by atoms with E-state index in [2.05, 4.69) is 10.6 Å². The highest BCUT2D eigenvalue weighted by Gasteiger charge is 2.43. The fourth-order valence-corrected chi connectivity index (χ4v) is 7.30. The minimum atomic E-state index is -1.14. The number of carbonyl (C=O) groups is 5. The van der Waals surface area contributed by atoms with Gasteiger partial charge in [-0.1, -0.05) is 77.4 Å². The van der Waals surface area contributed by atoms with Crippen molar-refractivity contribution in [2.75, 3.05) is 33.5 Å². The molecule has 1 heterocycles. The smallest absolute Gasteiger partial charge is 0.326 e. The molecular weight excluding hydrogens is 678 g/mol. The number of carboxylic acid groups (broad SMARTS) is 1. The van der Waals surface area contributed by atoms with E-state index in [9.17, 15) is 29.1 Å². The number of benzene rings is 2. The highest BCUT2D eigenvalue weighted by Crippen LogP contribution is 2.30. The molecule has 0 bridgehead atoms. The van der Waals surface area contributed by atoms with Crippen LogP contribution in [0.2, 0.25) is 0 Å². The first-order valence-corrected chi connectivity index (χ1v) is 18.5. The standard InChI is InChI=1S/C40H59N5O8/c1-9-25(4)35(44(6)39(49)34(24(2)3)43-38(48)28-17-13-18-29(41)22-28)32(52-7)23-33(46)45-20-14-19-31(45)36(53-8)26(5)37(47)42-30(40(50)51)21-27-15-11-10-12-16-27/h10-13,15-18,22,24-26,30-32,34-36H,9,14,19-21,23,41H2,1-8H3,(H,42,47)(H,43,48)(H,50,51)/t25-,26+,30-,31-,32+,34-,35-,36+/m0/s1. The van der Waals surface area contributed by atoms with Gasteiger partial charge in [0.15, 0.2) is 0 Å². The summed E-state index contributed by atoms with van der Waals surface area (Å²) in [5.41, 5.74) is 7.45. The van der Waals surface area contributed by atoms with E-state index < -0.39 is 60.1 Å². The zero-order chi connectivity index (χ0) is 39.4. The predicted molar refractivity (Wildman–Crippen MR) is 203 cm³/mol. The summed E-state index contributed by atoms with van der Waals surface area (Å²) in [7, 11) is 4.69. The predicted octanol–water partition coefficient (Wildman–Crippen LogP) is 3.76. The molecule has 3 rings (SSSR count). The second kappa shape index (κ2) is 20.1. The highest BCUT2D eigenvalue weighted by atomic mass is 16.5. The maximum atomic E-state index is 14.1. The number of amides is 4. The summed E-state index contributed by atoms with van der Waals surface area (Å²) in [4.78, 5) is 70.3. The first-order chi connectivity index (χ1) is 25.1. The number of nitrogens with zero attached hydrogens (tertiary/aromatic N) is 2. The Balaban J connectivity index is 1.77. The second-order valence-corrected chi connectivity index (χ2v) is 14.5. The Hall–Kier alpha value is -4.49. The molecule has 0 aromatic heterocycles. The number of likely N-dealkylation sites (N-methyl/N-ethyl adjacent to an activating group) is 1. The molecule has 0 radical (unpaired) electrons. The van der Waals surface area contributed by atoms with Crippen LogP contribution in [0.25, 0.3) is 0 Å². The number of methoxy groups -OCH3 is 2. The van der Waals surface area contributed by atoms with Gasteiger partial charge in [-0.05, 0) is 48.4 Å². The molecule has 0 spiro atoms. The first kappa shape index (κ1) is 42.9. The summed E-state index contributed by atoms with van der Waals surface area (Å²) >= 11 is 0. The van der Waals surface area contributed by atoms with E-state index >= 15 is 0 Å². The second-order valence-electron chi connectivity index (χ2n) is 14.5. The van der Waals surface area contributed by atoms with Gasteiger partial charge in [-0.25, -0.2) is 4.79 Å². The van der Waals surface area contributed by atoms with Gasteiger partial charge in [0.25, 0.3) is 5.91 Å². The Morgan fingerprint density at radius 1 is 0.981 bits per heavy atom. The number of hydrogen-bond donors (Lipinski definition) is 4. The van der Waals surface area contributed by atoms with Crippen molar-refractivity contribution in [2.24, 2.45) is 17.8 Å². The van der Waals surface area contributed by atoms with E-state index in [0.29, 0.717) is 37.1 Å². The summed E-state index contributed by atoms with van der Waals surface area (Å²) in [5, 5.41) is 15.4. The largest absolute Gasteiger partial charge is 0.480 e.